The number of hydrogen-bond donors (Lipinski definition) is 1. The molecule has 2 amide bonds. The molecule has 0 fully saturated rings. The van der Waals surface area contributed by atoms with Crippen LogP contribution < -0.4 is 15.0 Å². The van der Waals surface area contributed by atoms with Gasteiger partial charge < -0.3 is 19.7 Å². The quantitative estimate of drug-likeness (QED) is 0.515. The molecule has 0 bridgehead atoms. The first-order chi connectivity index (χ1) is 15.5. The van der Waals surface area contributed by atoms with Gasteiger partial charge in [-0.2, -0.15) is 0 Å². The van der Waals surface area contributed by atoms with Crippen molar-refractivity contribution in [2.45, 2.75) is 66.0 Å². The number of carbonyl (C=O) groups is 2. The summed E-state index contributed by atoms with van der Waals surface area (Å²) in [7, 11) is 1.69. The molecule has 0 saturated heterocycles. The summed E-state index contributed by atoms with van der Waals surface area (Å²) in [5.41, 5.74) is 2.09. The van der Waals surface area contributed by atoms with Gasteiger partial charge in [0.1, 0.15) is 17.4 Å². The van der Waals surface area contributed by atoms with Gasteiger partial charge in [-0.25, -0.2) is 4.79 Å². The number of ether oxygens (including phenoxy) is 2. The van der Waals surface area contributed by atoms with Crippen LogP contribution in [-0.4, -0.2) is 30.7 Å². The van der Waals surface area contributed by atoms with Crippen LogP contribution in [0.4, 0.5) is 10.5 Å². The number of nitrogens with one attached hydrogen (secondary N) is 1. The molecule has 0 aliphatic heterocycles. The molecule has 6 heteroatoms. The van der Waals surface area contributed by atoms with Crippen LogP contribution in [0.2, 0.25) is 0 Å². The number of hydrogen-bond acceptors (Lipinski definition) is 4. The van der Waals surface area contributed by atoms with Crippen molar-refractivity contribution in [2.24, 2.45) is 0 Å². The van der Waals surface area contributed by atoms with Crippen LogP contribution in [0.15, 0.2) is 60.4 Å². The number of alkyl carbamates (subject to hydrolysis) is 1. The molecular weight excluding hydrogens is 416 g/mol. The van der Waals surface area contributed by atoms with Crippen molar-refractivity contribution in [1.82, 2.24) is 5.32 Å². The summed E-state index contributed by atoms with van der Waals surface area (Å²) in [5.74, 6) is 1.29. The molecule has 33 heavy (non-hydrogen) atoms. The topological polar surface area (TPSA) is 67.9 Å². The van der Waals surface area contributed by atoms with E-state index in [1.165, 1.54) is 4.90 Å². The lowest BCUT2D eigenvalue weighted by Gasteiger charge is -2.27. The number of rotatable bonds is 8. The van der Waals surface area contributed by atoms with E-state index in [1.807, 2.05) is 68.5 Å². The minimum absolute atomic E-state index is 0.238. The van der Waals surface area contributed by atoms with Gasteiger partial charge in [0, 0.05) is 19.2 Å². The Labute approximate surface area is 197 Å². The average molecular weight is 453 g/mol. The van der Waals surface area contributed by atoms with Crippen molar-refractivity contribution in [1.29, 1.82) is 0 Å². The molecule has 0 radical (unpaired) electrons. The van der Waals surface area contributed by atoms with Crippen LogP contribution in [0.25, 0.3) is 0 Å². The molecule has 2 rings (SSSR count). The van der Waals surface area contributed by atoms with Crippen molar-refractivity contribution in [3.8, 4) is 5.75 Å². The van der Waals surface area contributed by atoms with E-state index < -0.39 is 17.7 Å². The predicted octanol–water partition coefficient (Wildman–Crippen LogP) is 5.79. The Kier molecular flexibility index (Phi) is 9.09. The van der Waals surface area contributed by atoms with E-state index in [9.17, 15) is 9.59 Å². The zero-order valence-corrected chi connectivity index (χ0v) is 20.8. The number of aryl methyl sites for hydroxylation is 1. The first-order valence-corrected chi connectivity index (χ1v) is 11.3. The van der Waals surface area contributed by atoms with E-state index in [-0.39, 0.29) is 5.91 Å². The van der Waals surface area contributed by atoms with Gasteiger partial charge in [-0.3, -0.25) is 4.79 Å². The van der Waals surface area contributed by atoms with Gasteiger partial charge in [0.05, 0.1) is 5.76 Å². The third-order valence-electron chi connectivity index (χ3n) is 4.84. The van der Waals surface area contributed by atoms with Crippen LogP contribution in [0.3, 0.4) is 0 Å². The Morgan fingerprint density at radius 3 is 2.36 bits per heavy atom. The fraction of sp³-hybridized carbons (Fsp3) is 0.407. The second kappa shape index (κ2) is 11.5. The molecule has 178 valence electrons. The van der Waals surface area contributed by atoms with E-state index in [0.29, 0.717) is 17.9 Å². The van der Waals surface area contributed by atoms with E-state index >= 15 is 0 Å². The van der Waals surface area contributed by atoms with Crippen LogP contribution in [-0.2, 0) is 16.0 Å². The van der Waals surface area contributed by atoms with E-state index in [4.69, 9.17) is 9.47 Å². The maximum absolute atomic E-state index is 13.4. The van der Waals surface area contributed by atoms with E-state index in [2.05, 4.69) is 12.2 Å². The maximum Gasteiger partial charge on any atom is 0.408 e. The molecule has 0 saturated carbocycles. The first kappa shape index (κ1) is 26.0. The van der Waals surface area contributed by atoms with Crippen LogP contribution in [0, 0.1) is 6.92 Å². The van der Waals surface area contributed by atoms with Gasteiger partial charge in [0.25, 0.3) is 0 Å². The van der Waals surface area contributed by atoms with Gasteiger partial charge in [-0.05, 0) is 76.9 Å². The molecular formula is C27H36N2O4. The number of allylic oxidation sites excluding steroid dienone is 2. The number of anilines is 1. The van der Waals surface area contributed by atoms with Crippen LogP contribution in [0.1, 0.15) is 52.2 Å². The van der Waals surface area contributed by atoms with Crippen molar-refractivity contribution < 1.29 is 19.1 Å². The number of nitrogens with zero attached hydrogens (tertiary/aromatic N) is 1. The Hall–Kier alpha value is -3.28. The van der Waals surface area contributed by atoms with E-state index in [0.717, 1.165) is 23.3 Å². The molecule has 0 aliphatic carbocycles. The average Bonchev–Trinajstić information content (AvgIpc) is 2.71. The van der Waals surface area contributed by atoms with Crippen LogP contribution >= 0.6 is 0 Å². The maximum atomic E-state index is 13.4. The molecule has 1 atom stereocenters. The van der Waals surface area contributed by atoms with Crippen LogP contribution in [0.5, 0.6) is 5.75 Å². The molecule has 0 aromatic heterocycles. The van der Waals surface area contributed by atoms with Gasteiger partial charge in [-0.1, -0.05) is 36.8 Å². The highest BCUT2D eigenvalue weighted by Gasteiger charge is 2.27. The third-order valence-corrected chi connectivity index (χ3v) is 4.84. The number of amides is 2. The molecule has 0 aliphatic rings. The van der Waals surface area contributed by atoms with Crippen molar-refractivity contribution in [2.75, 3.05) is 11.9 Å². The molecule has 0 unspecified atom stereocenters. The lowest BCUT2D eigenvalue weighted by atomic mass is 10.0. The summed E-state index contributed by atoms with van der Waals surface area (Å²) >= 11 is 0. The predicted molar refractivity (Wildman–Crippen MR) is 133 cm³/mol. The highest BCUT2D eigenvalue weighted by molar-refractivity contribution is 5.98. The Morgan fingerprint density at radius 2 is 1.79 bits per heavy atom. The summed E-state index contributed by atoms with van der Waals surface area (Å²) in [4.78, 5) is 27.4. The summed E-state index contributed by atoms with van der Waals surface area (Å²) in [6, 6.07) is 14.4. The SMILES string of the molecule is CC/C=C(\C)Oc1ccc(N(C)C(=O)[C@H](Cc2cccc(C)c2)NC(=O)OC(C)(C)C)cc1. The smallest absolute Gasteiger partial charge is 0.408 e. The highest BCUT2D eigenvalue weighted by Crippen LogP contribution is 2.21. The molecule has 2 aromatic rings. The van der Waals surface area contributed by atoms with Gasteiger partial charge >= 0.3 is 6.09 Å². The zero-order valence-electron chi connectivity index (χ0n) is 20.8. The van der Waals surface area contributed by atoms with Gasteiger partial charge in [0.15, 0.2) is 0 Å². The summed E-state index contributed by atoms with van der Waals surface area (Å²) in [6.07, 6.45) is 2.63. The van der Waals surface area contributed by atoms with Crippen molar-refractivity contribution in [3.63, 3.8) is 0 Å². The molecule has 2 aromatic carbocycles. The number of likely N-dealkylation sites (N-methyl/N-ethyl adjacent to an activating group) is 1. The van der Waals surface area contributed by atoms with Crippen molar-refractivity contribution in [3.05, 3.63) is 71.5 Å². The summed E-state index contributed by atoms with van der Waals surface area (Å²) in [6.45, 7) is 11.3. The molecule has 0 heterocycles. The standard InChI is InChI=1S/C27H36N2O4/c1-8-10-20(3)32-23-15-13-22(14-16-23)29(7)25(30)24(28-26(31)33-27(4,5)6)18-21-12-9-11-19(2)17-21/h9-17,24H,8,18H2,1-7H3,(H,28,31)/b20-10+/t24-/m0/s1. The number of carbonyl (C=O) groups excluding carboxylic acids is 2. The van der Waals surface area contributed by atoms with Gasteiger partial charge in [-0.15, -0.1) is 0 Å². The normalized spacial score (nSPS) is 12.6. The lowest BCUT2D eigenvalue weighted by molar-refractivity contribution is -0.120. The zero-order chi connectivity index (χ0) is 24.6. The molecule has 0 spiro atoms. The second-order valence-electron chi connectivity index (χ2n) is 9.11. The fourth-order valence-corrected chi connectivity index (χ4v) is 3.34. The first-order valence-electron chi connectivity index (χ1n) is 11.3. The Balaban J connectivity index is 2.21. The Bertz CT molecular complexity index is 974. The highest BCUT2D eigenvalue weighted by atomic mass is 16.6. The minimum atomic E-state index is -0.780. The summed E-state index contributed by atoms with van der Waals surface area (Å²) < 4.78 is 11.2. The minimum Gasteiger partial charge on any atom is -0.462 e. The number of benzene rings is 2. The molecule has 1 N–H and O–H groups in total. The third kappa shape index (κ3) is 8.64. The fourth-order valence-electron chi connectivity index (χ4n) is 3.34. The van der Waals surface area contributed by atoms with Crippen molar-refractivity contribution >= 4 is 17.7 Å². The van der Waals surface area contributed by atoms with E-state index in [1.54, 1.807) is 27.8 Å². The Morgan fingerprint density at radius 1 is 1.12 bits per heavy atom. The molecule has 6 nitrogen and oxygen atoms in total. The summed E-state index contributed by atoms with van der Waals surface area (Å²) in [5, 5.41) is 2.76. The largest absolute Gasteiger partial charge is 0.462 e. The second-order valence-corrected chi connectivity index (χ2v) is 9.11. The monoisotopic (exact) mass is 452 g/mol. The lowest BCUT2D eigenvalue weighted by Crippen LogP contribution is -2.50. The van der Waals surface area contributed by atoms with Gasteiger partial charge in [0.2, 0.25) is 5.91 Å².